The Morgan fingerprint density at radius 1 is 0.867 bits per heavy atom. The first-order valence-corrected chi connectivity index (χ1v) is 11.9. The van der Waals surface area contributed by atoms with E-state index in [4.69, 9.17) is 0 Å². The lowest BCUT2D eigenvalue weighted by Crippen LogP contribution is -2.49. The molecule has 1 saturated heterocycles. The number of amides is 2. The second-order valence-electron chi connectivity index (χ2n) is 8.25. The maximum Gasteiger partial charge on any atom is 0.224 e. The molecule has 6 heteroatoms. The van der Waals surface area contributed by atoms with Gasteiger partial charge in [0.25, 0.3) is 0 Å². The van der Waals surface area contributed by atoms with Crippen LogP contribution in [0.3, 0.4) is 0 Å². The van der Waals surface area contributed by atoms with Gasteiger partial charge < -0.3 is 9.80 Å². The van der Waals surface area contributed by atoms with Crippen molar-refractivity contribution in [1.29, 1.82) is 0 Å². The molecular weight excluding hydrogens is 394 g/mol. The molecule has 2 amide bonds. The van der Waals surface area contributed by atoms with Gasteiger partial charge in [0.2, 0.25) is 11.8 Å². The van der Waals surface area contributed by atoms with E-state index in [1.54, 1.807) is 11.3 Å². The number of nitrogens with zero attached hydrogens (tertiary/aromatic N) is 3. The van der Waals surface area contributed by atoms with Crippen LogP contribution in [0.4, 0.5) is 0 Å². The minimum Gasteiger partial charge on any atom is -0.340 e. The summed E-state index contributed by atoms with van der Waals surface area (Å²) in [6.45, 7) is 5.70. The van der Waals surface area contributed by atoms with Crippen LogP contribution in [0.2, 0.25) is 0 Å². The van der Waals surface area contributed by atoms with Crippen LogP contribution < -0.4 is 0 Å². The van der Waals surface area contributed by atoms with E-state index in [9.17, 15) is 9.59 Å². The molecule has 3 heterocycles. The third kappa shape index (κ3) is 5.49. The van der Waals surface area contributed by atoms with E-state index < -0.39 is 0 Å². The first-order chi connectivity index (χ1) is 14.7. The summed E-state index contributed by atoms with van der Waals surface area (Å²) < 4.78 is 0. The third-order valence-electron chi connectivity index (χ3n) is 6.23. The van der Waals surface area contributed by atoms with Gasteiger partial charge in [-0.3, -0.25) is 14.5 Å². The predicted octanol–water partition coefficient (Wildman–Crippen LogP) is 3.19. The summed E-state index contributed by atoms with van der Waals surface area (Å²) in [6.07, 6.45) is 4.04. The molecule has 0 aliphatic carbocycles. The number of benzene rings is 1. The largest absolute Gasteiger partial charge is 0.340 e. The van der Waals surface area contributed by atoms with Crippen LogP contribution in [0, 0.1) is 0 Å². The van der Waals surface area contributed by atoms with Crippen LogP contribution in [0.1, 0.15) is 35.3 Å². The van der Waals surface area contributed by atoms with Gasteiger partial charge in [-0.1, -0.05) is 30.3 Å². The molecule has 160 valence electrons. The SMILES string of the molecule is O=C(CCCc1ccccc1)N1CCN(CCC(=O)N2CCc3sccc3C2)CC1. The van der Waals surface area contributed by atoms with Gasteiger partial charge in [-0.15, -0.1) is 11.3 Å². The lowest BCUT2D eigenvalue weighted by molar-refractivity contribution is -0.135. The Kier molecular flexibility index (Phi) is 7.18. The van der Waals surface area contributed by atoms with Crippen molar-refractivity contribution in [2.45, 2.75) is 38.6 Å². The number of hydrogen-bond donors (Lipinski definition) is 0. The molecule has 0 N–H and O–H groups in total. The van der Waals surface area contributed by atoms with Crippen molar-refractivity contribution in [3.05, 3.63) is 57.8 Å². The second kappa shape index (κ2) is 10.2. The number of hydrogen-bond acceptors (Lipinski definition) is 4. The molecule has 1 fully saturated rings. The number of carbonyl (C=O) groups is 2. The molecule has 2 aromatic rings. The Morgan fingerprint density at radius 3 is 2.43 bits per heavy atom. The van der Waals surface area contributed by atoms with E-state index in [-0.39, 0.29) is 11.8 Å². The van der Waals surface area contributed by atoms with E-state index in [1.807, 2.05) is 28.0 Å². The summed E-state index contributed by atoms with van der Waals surface area (Å²) in [7, 11) is 0. The minimum absolute atomic E-state index is 0.256. The molecule has 4 rings (SSSR count). The van der Waals surface area contributed by atoms with Gasteiger partial charge in [-0.2, -0.15) is 0 Å². The van der Waals surface area contributed by atoms with E-state index in [1.165, 1.54) is 16.0 Å². The number of thiophene rings is 1. The maximum absolute atomic E-state index is 12.6. The normalized spacial score (nSPS) is 17.1. The molecule has 2 aliphatic heterocycles. The van der Waals surface area contributed by atoms with Crippen LogP contribution in [-0.2, 0) is 29.0 Å². The van der Waals surface area contributed by atoms with Crippen molar-refractivity contribution >= 4 is 23.2 Å². The number of carbonyl (C=O) groups excluding carboxylic acids is 2. The molecule has 0 saturated carbocycles. The maximum atomic E-state index is 12.6. The van der Waals surface area contributed by atoms with Crippen molar-refractivity contribution in [3.63, 3.8) is 0 Å². The molecule has 0 unspecified atom stereocenters. The van der Waals surface area contributed by atoms with Gasteiger partial charge in [-0.25, -0.2) is 0 Å². The van der Waals surface area contributed by atoms with Gasteiger partial charge in [0.05, 0.1) is 0 Å². The fraction of sp³-hybridized carbons (Fsp3) is 0.500. The van der Waals surface area contributed by atoms with Crippen LogP contribution in [-0.4, -0.2) is 65.8 Å². The van der Waals surface area contributed by atoms with E-state index >= 15 is 0 Å². The standard InChI is InChI=1S/C24H31N3O2S/c28-23(8-4-7-20-5-2-1-3-6-20)26-16-14-25(15-17-26)12-10-24(29)27-13-9-22-21(19-27)11-18-30-22/h1-3,5-6,11,18H,4,7-10,12-17,19H2. The monoisotopic (exact) mass is 425 g/mol. The Balaban J connectivity index is 1.13. The van der Waals surface area contributed by atoms with Gasteiger partial charge in [0, 0.05) is 63.5 Å². The summed E-state index contributed by atoms with van der Waals surface area (Å²) in [4.78, 5) is 32.9. The first kappa shape index (κ1) is 21.1. The zero-order chi connectivity index (χ0) is 20.8. The fourth-order valence-corrected chi connectivity index (χ4v) is 5.23. The highest BCUT2D eigenvalue weighted by Gasteiger charge is 2.24. The highest BCUT2D eigenvalue weighted by Crippen LogP contribution is 2.24. The van der Waals surface area contributed by atoms with Crippen molar-refractivity contribution in [3.8, 4) is 0 Å². The zero-order valence-electron chi connectivity index (χ0n) is 17.6. The van der Waals surface area contributed by atoms with Crippen molar-refractivity contribution in [2.24, 2.45) is 0 Å². The molecule has 0 radical (unpaired) electrons. The predicted molar refractivity (Wildman–Crippen MR) is 120 cm³/mol. The van der Waals surface area contributed by atoms with Crippen molar-refractivity contribution < 1.29 is 9.59 Å². The molecule has 1 aromatic heterocycles. The number of piperazine rings is 1. The molecule has 0 bridgehead atoms. The molecule has 0 atom stereocenters. The summed E-state index contributed by atoms with van der Waals surface area (Å²) in [6, 6.07) is 12.5. The Hall–Kier alpha value is -2.18. The van der Waals surface area contributed by atoms with Crippen LogP contribution in [0.5, 0.6) is 0 Å². The molecule has 30 heavy (non-hydrogen) atoms. The smallest absolute Gasteiger partial charge is 0.224 e. The van der Waals surface area contributed by atoms with Gasteiger partial charge in [0.1, 0.15) is 0 Å². The Morgan fingerprint density at radius 2 is 1.63 bits per heavy atom. The third-order valence-corrected chi connectivity index (χ3v) is 7.25. The zero-order valence-corrected chi connectivity index (χ0v) is 18.4. The average molecular weight is 426 g/mol. The molecule has 2 aliphatic rings. The van der Waals surface area contributed by atoms with Gasteiger partial charge in [0.15, 0.2) is 0 Å². The quantitative estimate of drug-likeness (QED) is 0.684. The average Bonchev–Trinajstić information content (AvgIpc) is 3.26. The number of aryl methyl sites for hydroxylation is 1. The van der Waals surface area contributed by atoms with Gasteiger partial charge >= 0.3 is 0 Å². The Labute approximate surface area is 183 Å². The lowest BCUT2D eigenvalue weighted by atomic mass is 10.1. The topological polar surface area (TPSA) is 43.9 Å². The van der Waals surface area contributed by atoms with Crippen molar-refractivity contribution in [2.75, 3.05) is 39.3 Å². The fourth-order valence-electron chi connectivity index (χ4n) is 4.34. The second-order valence-corrected chi connectivity index (χ2v) is 9.25. The number of rotatable bonds is 7. The summed E-state index contributed by atoms with van der Waals surface area (Å²) >= 11 is 1.80. The van der Waals surface area contributed by atoms with E-state index in [2.05, 4.69) is 28.5 Å². The summed E-state index contributed by atoms with van der Waals surface area (Å²) in [5, 5.41) is 2.13. The van der Waals surface area contributed by atoms with Gasteiger partial charge in [-0.05, 0) is 41.8 Å². The summed E-state index contributed by atoms with van der Waals surface area (Å²) in [5.74, 6) is 0.521. The van der Waals surface area contributed by atoms with Crippen molar-refractivity contribution in [1.82, 2.24) is 14.7 Å². The Bertz CT molecular complexity index is 843. The molecule has 5 nitrogen and oxygen atoms in total. The molecular formula is C24H31N3O2S. The van der Waals surface area contributed by atoms with E-state index in [0.29, 0.717) is 12.8 Å². The number of fused-ring (bicyclic) bond motifs is 1. The lowest BCUT2D eigenvalue weighted by Gasteiger charge is -2.35. The highest BCUT2D eigenvalue weighted by atomic mass is 32.1. The first-order valence-electron chi connectivity index (χ1n) is 11.1. The molecule has 0 spiro atoms. The highest BCUT2D eigenvalue weighted by molar-refractivity contribution is 7.10. The minimum atomic E-state index is 0.256. The molecule has 1 aromatic carbocycles. The van der Waals surface area contributed by atoms with Crippen LogP contribution in [0.15, 0.2) is 41.8 Å². The summed E-state index contributed by atoms with van der Waals surface area (Å²) in [5.41, 5.74) is 2.61. The van der Waals surface area contributed by atoms with Crippen LogP contribution in [0.25, 0.3) is 0 Å². The van der Waals surface area contributed by atoms with E-state index in [0.717, 1.165) is 65.1 Å². The van der Waals surface area contributed by atoms with Crippen LogP contribution >= 0.6 is 11.3 Å².